The van der Waals surface area contributed by atoms with Gasteiger partial charge in [-0.25, -0.2) is 0 Å². The molecule has 1 N–H and O–H groups in total. The lowest BCUT2D eigenvalue weighted by atomic mass is 9.64. The van der Waals surface area contributed by atoms with Gasteiger partial charge in [-0.1, -0.05) is 56.4 Å². The van der Waals surface area contributed by atoms with Crippen LogP contribution in [-0.2, 0) is 11.3 Å². The van der Waals surface area contributed by atoms with E-state index >= 15 is 0 Å². The van der Waals surface area contributed by atoms with E-state index in [1.807, 2.05) is 42.5 Å². The number of carbonyl (C=O) groups is 2. The number of hydrogen-bond acceptors (Lipinski definition) is 3. The minimum atomic E-state index is -0.410. The summed E-state index contributed by atoms with van der Waals surface area (Å²) < 4.78 is 0. The number of hydrogen-bond donors (Lipinski definition) is 1. The maximum absolute atomic E-state index is 13.8. The van der Waals surface area contributed by atoms with Crippen molar-refractivity contribution in [2.75, 3.05) is 0 Å². The number of nitrogens with one attached hydrogen (secondary N) is 1. The molecular weight excluding hydrogens is 386 g/mol. The van der Waals surface area contributed by atoms with Crippen molar-refractivity contribution in [2.24, 2.45) is 0 Å². The predicted molar refractivity (Wildman–Crippen MR) is 120 cm³/mol. The number of amides is 2. The van der Waals surface area contributed by atoms with Gasteiger partial charge in [-0.05, 0) is 49.4 Å². The molecule has 1 unspecified atom stereocenters. The highest BCUT2D eigenvalue weighted by molar-refractivity contribution is 6.02. The van der Waals surface area contributed by atoms with Crippen LogP contribution in [0.3, 0.4) is 0 Å². The van der Waals surface area contributed by atoms with Crippen LogP contribution in [0.4, 0.5) is 0 Å². The summed E-state index contributed by atoms with van der Waals surface area (Å²) in [6.07, 6.45) is 11.3. The van der Waals surface area contributed by atoms with Gasteiger partial charge in [0.05, 0.1) is 23.7 Å². The number of rotatable bonds is 4. The fourth-order valence-corrected chi connectivity index (χ4v) is 6.26. The zero-order chi connectivity index (χ0) is 21.3. The highest BCUT2D eigenvalue weighted by Gasteiger charge is 2.56. The van der Waals surface area contributed by atoms with E-state index in [-0.39, 0.29) is 23.8 Å². The van der Waals surface area contributed by atoms with Crippen molar-refractivity contribution in [3.8, 4) is 0 Å². The first-order valence-electron chi connectivity index (χ1n) is 11.8. The molecule has 0 saturated heterocycles. The van der Waals surface area contributed by atoms with Crippen LogP contribution < -0.4 is 5.32 Å². The molecular formula is C26H31N3O2. The molecule has 0 bridgehead atoms. The summed E-state index contributed by atoms with van der Waals surface area (Å²) in [5.74, 6) is -0.167. The Morgan fingerprint density at radius 3 is 2.48 bits per heavy atom. The zero-order valence-corrected chi connectivity index (χ0v) is 18.1. The van der Waals surface area contributed by atoms with Crippen molar-refractivity contribution in [3.05, 3.63) is 65.5 Å². The number of carbonyl (C=O) groups excluding carboxylic acids is 2. The first kappa shape index (κ1) is 20.2. The number of fused-ring (bicyclic) bond motifs is 1. The molecule has 1 aromatic carbocycles. The number of pyridine rings is 1. The molecule has 1 aromatic heterocycles. The average molecular weight is 418 g/mol. The Morgan fingerprint density at radius 2 is 1.74 bits per heavy atom. The molecule has 1 atom stereocenters. The van der Waals surface area contributed by atoms with Gasteiger partial charge in [-0.2, -0.15) is 0 Å². The lowest BCUT2D eigenvalue weighted by Crippen LogP contribution is -2.65. The van der Waals surface area contributed by atoms with Crippen molar-refractivity contribution in [3.63, 3.8) is 0 Å². The monoisotopic (exact) mass is 417 g/mol. The summed E-state index contributed by atoms with van der Waals surface area (Å²) in [7, 11) is 0. The van der Waals surface area contributed by atoms with E-state index in [9.17, 15) is 9.59 Å². The smallest absolute Gasteiger partial charge is 0.254 e. The van der Waals surface area contributed by atoms with Crippen LogP contribution in [0.1, 0.15) is 85.3 Å². The van der Waals surface area contributed by atoms with E-state index in [0.29, 0.717) is 12.1 Å². The van der Waals surface area contributed by atoms with Crippen LogP contribution in [0.25, 0.3) is 0 Å². The second-order valence-electron chi connectivity index (χ2n) is 9.34. The lowest BCUT2D eigenvalue weighted by molar-refractivity contribution is -0.128. The average Bonchev–Trinajstić information content (AvgIpc) is 3.33. The first-order valence-corrected chi connectivity index (χ1v) is 11.8. The molecule has 2 aliphatic carbocycles. The third-order valence-corrected chi connectivity index (χ3v) is 7.58. The predicted octanol–water partition coefficient (Wildman–Crippen LogP) is 4.58. The van der Waals surface area contributed by atoms with Crippen molar-refractivity contribution >= 4 is 11.8 Å². The van der Waals surface area contributed by atoms with Crippen molar-refractivity contribution in [2.45, 2.75) is 81.8 Å². The van der Waals surface area contributed by atoms with Gasteiger partial charge < -0.3 is 10.2 Å². The molecule has 31 heavy (non-hydrogen) atoms. The number of nitrogens with zero attached hydrogens (tertiary/aromatic N) is 2. The summed E-state index contributed by atoms with van der Waals surface area (Å²) in [4.78, 5) is 34.1. The van der Waals surface area contributed by atoms with E-state index in [1.54, 1.807) is 6.20 Å². The Hall–Kier alpha value is -2.69. The normalized spacial score (nSPS) is 23.0. The molecule has 2 heterocycles. The molecule has 1 spiro atoms. The zero-order valence-electron chi connectivity index (χ0n) is 18.1. The van der Waals surface area contributed by atoms with Gasteiger partial charge >= 0.3 is 0 Å². The first-order chi connectivity index (χ1) is 15.2. The Labute approximate surface area is 184 Å². The topological polar surface area (TPSA) is 62.3 Å². The van der Waals surface area contributed by atoms with E-state index in [1.165, 1.54) is 19.3 Å². The minimum absolute atomic E-state index is 0.0236. The van der Waals surface area contributed by atoms with Crippen LogP contribution in [0.2, 0.25) is 0 Å². The van der Waals surface area contributed by atoms with Gasteiger partial charge in [0.2, 0.25) is 5.91 Å². The van der Waals surface area contributed by atoms with E-state index in [4.69, 9.17) is 0 Å². The maximum Gasteiger partial charge on any atom is 0.254 e. The largest absolute Gasteiger partial charge is 0.350 e. The highest BCUT2D eigenvalue weighted by atomic mass is 16.2. The second-order valence-corrected chi connectivity index (χ2v) is 9.34. The fraction of sp³-hybridized carbons (Fsp3) is 0.500. The molecule has 0 radical (unpaired) electrons. The van der Waals surface area contributed by atoms with Crippen LogP contribution in [0, 0.1) is 0 Å². The number of benzene rings is 1. The van der Waals surface area contributed by atoms with Crippen LogP contribution in [0.5, 0.6) is 0 Å². The van der Waals surface area contributed by atoms with E-state index in [2.05, 4.69) is 15.2 Å². The van der Waals surface area contributed by atoms with Gasteiger partial charge in [0, 0.05) is 17.8 Å². The highest BCUT2D eigenvalue weighted by Crippen LogP contribution is 2.51. The van der Waals surface area contributed by atoms with Gasteiger partial charge in [-0.3, -0.25) is 14.6 Å². The van der Waals surface area contributed by atoms with Crippen LogP contribution in [-0.4, -0.2) is 33.3 Å². The van der Waals surface area contributed by atoms with Crippen molar-refractivity contribution in [1.29, 1.82) is 0 Å². The third-order valence-electron chi connectivity index (χ3n) is 7.58. The fourth-order valence-electron chi connectivity index (χ4n) is 6.26. The second kappa shape index (κ2) is 8.45. The van der Waals surface area contributed by atoms with E-state index in [0.717, 1.165) is 49.8 Å². The van der Waals surface area contributed by atoms with Gasteiger partial charge in [0.1, 0.15) is 0 Å². The molecule has 2 fully saturated rings. The molecule has 1 aliphatic heterocycles. The molecule has 5 rings (SSSR count). The summed E-state index contributed by atoms with van der Waals surface area (Å²) in [5, 5.41) is 3.17. The van der Waals surface area contributed by atoms with Gasteiger partial charge in [0.25, 0.3) is 5.91 Å². The van der Waals surface area contributed by atoms with Crippen LogP contribution in [0.15, 0.2) is 48.7 Å². The molecule has 5 heteroatoms. The maximum atomic E-state index is 13.8. The number of aromatic nitrogens is 1. The molecule has 3 aliphatic rings. The van der Waals surface area contributed by atoms with Crippen LogP contribution >= 0.6 is 0 Å². The Kier molecular flexibility index (Phi) is 5.51. The van der Waals surface area contributed by atoms with E-state index < -0.39 is 5.54 Å². The minimum Gasteiger partial charge on any atom is -0.350 e. The summed E-state index contributed by atoms with van der Waals surface area (Å²) in [6.45, 7) is 0.409. The SMILES string of the molecule is O=C(NCc1ccccn1)C1c2ccccc2C(=O)N(C2CCCC2)C12CCCCC2. The quantitative estimate of drug-likeness (QED) is 0.792. The Balaban J connectivity index is 1.56. The molecule has 5 nitrogen and oxygen atoms in total. The molecule has 2 saturated carbocycles. The molecule has 2 aromatic rings. The van der Waals surface area contributed by atoms with Crippen molar-refractivity contribution < 1.29 is 9.59 Å². The van der Waals surface area contributed by atoms with Gasteiger partial charge in [0.15, 0.2) is 0 Å². The van der Waals surface area contributed by atoms with Gasteiger partial charge in [-0.15, -0.1) is 0 Å². The summed E-state index contributed by atoms with van der Waals surface area (Å²) in [5.41, 5.74) is 2.06. The lowest BCUT2D eigenvalue weighted by Gasteiger charge is -2.56. The Bertz CT molecular complexity index is 946. The summed E-state index contributed by atoms with van der Waals surface area (Å²) in [6, 6.07) is 13.8. The third kappa shape index (κ3) is 3.54. The summed E-state index contributed by atoms with van der Waals surface area (Å²) >= 11 is 0. The molecule has 2 amide bonds. The standard InChI is InChI=1S/C26H31N3O2/c30-24(28-18-19-10-6-9-17-27-19)23-21-13-4-5-14-22(21)25(31)29(20-11-2-3-12-20)26(23)15-7-1-8-16-26/h4-6,9-10,13-14,17,20,23H,1-3,7-8,11-12,15-16,18H2,(H,28,30). The van der Waals surface area contributed by atoms with Crippen molar-refractivity contribution in [1.82, 2.24) is 15.2 Å². The molecule has 162 valence electrons. The Morgan fingerprint density at radius 1 is 1.00 bits per heavy atom.